The number of benzene rings is 2. The van der Waals surface area contributed by atoms with Crippen molar-refractivity contribution in [2.45, 2.75) is 0 Å². The average Bonchev–Trinajstić information content (AvgIpc) is 2.81. The molecule has 0 aliphatic carbocycles. The largest absolute Gasteiger partial charge is 0.478 e. The minimum atomic E-state index is -1.01. The summed E-state index contributed by atoms with van der Waals surface area (Å²) >= 11 is 0. The lowest BCUT2D eigenvalue weighted by atomic mass is 10.0. The highest BCUT2D eigenvalue weighted by atomic mass is 16.4. The monoisotopic (exact) mass is 423 g/mol. The van der Waals surface area contributed by atoms with Crippen molar-refractivity contribution in [1.29, 1.82) is 0 Å². The Bertz CT molecular complexity index is 1250. The Labute approximate surface area is 183 Å². The molecule has 0 spiro atoms. The predicted molar refractivity (Wildman–Crippen MR) is 122 cm³/mol. The van der Waals surface area contributed by atoms with Crippen LogP contribution in [0.1, 0.15) is 11.1 Å². The molecule has 32 heavy (non-hydrogen) atoms. The Morgan fingerprint density at radius 1 is 0.688 bits per heavy atom. The molecule has 156 valence electrons. The van der Waals surface area contributed by atoms with Crippen LogP contribution < -0.4 is 0 Å². The van der Waals surface area contributed by atoms with Gasteiger partial charge >= 0.3 is 11.9 Å². The molecule has 0 atom stereocenters. The van der Waals surface area contributed by atoms with Gasteiger partial charge < -0.3 is 10.2 Å². The summed E-state index contributed by atoms with van der Waals surface area (Å²) in [5.41, 5.74) is 5.60. The van der Waals surface area contributed by atoms with Gasteiger partial charge in [-0.2, -0.15) is 0 Å². The van der Waals surface area contributed by atoms with Gasteiger partial charge in [-0.3, -0.25) is 0 Å². The van der Waals surface area contributed by atoms with E-state index in [4.69, 9.17) is 20.2 Å². The Kier molecular flexibility index (Phi) is 5.81. The van der Waals surface area contributed by atoms with Gasteiger partial charge in [-0.15, -0.1) is 0 Å². The minimum Gasteiger partial charge on any atom is -0.478 e. The Morgan fingerprint density at radius 3 is 1.69 bits per heavy atom. The molecule has 2 heterocycles. The van der Waals surface area contributed by atoms with Crippen LogP contribution in [0.2, 0.25) is 0 Å². The normalized spacial score (nSPS) is 11.4. The van der Waals surface area contributed by atoms with Crippen molar-refractivity contribution in [2.24, 2.45) is 0 Å². The van der Waals surface area contributed by atoms with Crippen LogP contribution in [0, 0.1) is 0 Å². The van der Waals surface area contributed by atoms with Crippen LogP contribution in [0.15, 0.2) is 79.0 Å². The minimum absolute atomic E-state index is 0.516. The molecule has 7 nitrogen and oxygen atoms in total. The molecule has 0 saturated carbocycles. The van der Waals surface area contributed by atoms with Crippen LogP contribution in [0.4, 0.5) is 0 Å². The third-order valence-electron chi connectivity index (χ3n) is 4.65. The van der Waals surface area contributed by atoms with Crippen molar-refractivity contribution >= 4 is 35.3 Å². The number of carboxylic acid groups (broad SMARTS) is 2. The number of nitrogens with zero attached hydrogens (tertiary/aromatic N) is 3. The molecule has 4 rings (SSSR count). The van der Waals surface area contributed by atoms with Gasteiger partial charge in [0.1, 0.15) is 5.52 Å². The van der Waals surface area contributed by atoms with Crippen LogP contribution in [0.5, 0.6) is 0 Å². The number of carboxylic acids is 2. The third kappa shape index (κ3) is 4.73. The summed E-state index contributed by atoms with van der Waals surface area (Å²) in [6.45, 7) is 0. The number of fused-ring (bicyclic) bond motifs is 1. The average molecular weight is 423 g/mol. The SMILES string of the molecule is O=C(O)C=Cc1ccc(-c2nc3cccnc3nc2-c2ccc(C=CC(=O)O)cc2)cc1. The van der Waals surface area contributed by atoms with E-state index in [1.54, 1.807) is 12.3 Å². The summed E-state index contributed by atoms with van der Waals surface area (Å²) in [5.74, 6) is -2.02. The Balaban J connectivity index is 1.79. The van der Waals surface area contributed by atoms with Crippen LogP contribution >= 0.6 is 0 Å². The van der Waals surface area contributed by atoms with Gasteiger partial charge in [0.2, 0.25) is 0 Å². The highest BCUT2D eigenvalue weighted by Gasteiger charge is 2.14. The van der Waals surface area contributed by atoms with Crippen molar-refractivity contribution in [2.75, 3.05) is 0 Å². The summed E-state index contributed by atoms with van der Waals surface area (Å²) in [5, 5.41) is 17.6. The molecule has 2 N–H and O–H groups in total. The van der Waals surface area contributed by atoms with Gasteiger partial charge in [-0.1, -0.05) is 48.5 Å². The highest BCUT2D eigenvalue weighted by Crippen LogP contribution is 2.31. The smallest absolute Gasteiger partial charge is 0.328 e. The zero-order valence-electron chi connectivity index (χ0n) is 16.7. The number of pyridine rings is 1. The second kappa shape index (κ2) is 9.01. The van der Waals surface area contributed by atoms with Crippen LogP contribution in [-0.4, -0.2) is 37.1 Å². The summed E-state index contributed by atoms with van der Waals surface area (Å²) in [6, 6.07) is 18.3. The van der Waals surface area contributed by atoms with Crippen molar-refractivity contribution < 1.29 is 19.8 Å². The summed E-state index contributed by atoms with van der Waals surface area (Å²) < 4.78 is 0. The van der Waals surface area contributed by atoms with Crippen molar-refractivity contribution in [3.63, 3.8) is 0 Å². The Hall–Kier alpha value is -4.65. The molecule has 0 fully saturated rings. The van der Waals surface area contributed by atoms with E-state index in [1.165, 1.54) is 12.2 Å². The zero-order chi connectivity index (χ0) is 22.5. The van der Waals surface area contributed by atoms with Gasteiger partial charge in [0, 0.05) is 29.5 Å². The van der Waals surface area contributed by atoms with Gasteiger partial charge in [0.05, 0.1) is 11.4 Å². The lowest BCUT2D eigenvalue weighted by Crippen LogP contribution is -1.97. The molecule has 2 aromatic carbocycles. The molecule has 0 saturated heterocycles. The highest BCUT2D eigenvalue weighted by molar-refractivity contribution is 5.87. The second-order valence-electron chi connectivity index (χ2n) is 6.85. The number of hydrogen-bond acceptors (Lipinski definition) is 5. The number of hydrogen-bond donors (Lipinski definition) is 2. The molecule has 0 amide bonds. The first kappa shape index (κ1) is 20.6. The van der Waals surface area contributed by atoms with E-state index < -0.39 is 11.9 Å². The standard InChI is InChI=1S/C25H17N3O4/c29-21(30)13-7-16-3-9-18(10-4-16)23-24(28-25-20(27-23)2-1-15-26-25)19-11-5-17(6-12-19)8-14-22(31)32/h1-15H,(H,29,30)(H,31,32). The van der Waals surface area contributed by atoms with Gasteiger partial charge in [0.15, 0.2) is 5.65 Å². The van der Waals surface area contributed by atoms with E-state index in [9.17, 15) is 9.59 Å². The van der Waals surface area contributed by atoms with E-state index in [2.05, 4.69) is 4.98 Å². The maximum Gasteiger partial charge on any atom is 0.328 e. The first-order chi connectivity index (χ1) is 15.5. The lowest BCUT2D eigenvalue weighted by Gasteiger charge is -2.11. The predicted octanol–water partition coefficient (Wildman–Crippen LogP) is 4.55. The molecular formula is C25H17N3O4. The number of aromatic nitrogens is 3. The van der Waals surface area contributed by atoms with Crippen molar-refractivity contribution in [1.82, 2.24) is 15.0 Å². The third-order valence-corrected chi connectivity index (χ3v) is 4.65. The molecule has 0 aliphatic heterocycles. The lowest BCUT2D eigenvalue weighted by molar-refractivity contribution is -0.132. The zero-order valence-corrected chi connectivity index (χ0v) is 16.7. The molecule has 4 aromatic rings. The van der Waals surface area contributed by atoms with Gasteiger partial charge in [0.25, 0.3) is 0 Å². The topological polar surface area (TPSA) is 113 Å². The van der Waals surface area contributed by atoms with Crippen LogP contribution in [0.25, 0.3) is 45.8 Å². The van der Waals surface area contributed by atoms with Crippen molar-refractivity contribution in [3.05, 3.63) is 90.1 Å². The Morgan fingerprint density at radius 2 is 1.19 bits per heavy atom. The van der Waals surface area contributed by atoms with Crippen molar-refractivity contribution in [3.8, 4) is 22.5 Å². The maximum absolute atomic E-state index is 10.7. The molecular weight excluding hydrogens is 406 g/mol. The maximum atomic E-state index is 10.7. The number of rotatable bonds is 6. The molecule has 0 bridgehead atoms. The molecule has 2 aromatic heterocycles. The summed E-state index contributed by atoms with van der Waals surface area (Å²) in [6.07, 6.45) is 6.86. The van der Waals surface area contributed by atoms with E-state index in [0.29, 0.717) is 22.6 Å². The van der Waals surface area contributed by atoms with Crippen LogP contribution in [-0.2, 0) is 9.59 Å². The fourth-order valence-electron chi connectivity index (χ4n) is 3.14. The van der Waals surface area contributed by atoms with Gasteiger partial charge in [-0.25, -0.2) is 24.5 Å². The van der Waals surface area contributed by atoms with Crippen LogP contribution in [0.3, 0.4) is 0 Å². The fraction of sp³-hybridized carbons (Fsp3) is 0. The quantitative estimate of drug-likeness (QED) is 0.437. The summed E-state index contributed by atoms with van der Waals surface area (Å²) in [4.78, 5) is 35.3. The molecule has 7 heteroatoms. The number of aliphatic carboxylic acids is 2. The van der Waals surface area contributed by atoms with E-state index in [1.807, 2.05) is 54.6 Å². The first-order valence-corrected chi connectivity index (χ1v) is 9.65. The molecule has 0 unspecified atom stereocenters. The first-order valence-electron chi connectivity index (χ1n) is 9.65. The van der Waals surface area contributed by atoms with Gasteiger partial charge in [-0.05, 0) is 35.4 Å². The van der Waals surface area contributed by atoms with E-state index in [-0.39, 0.29) is 0 Å². The fourth-order valence-corrected chi connectivity index (χ4v) is 3.14. The van der Waals surface area contributed by atoms with E-state index in [0.717, 1.165) is 34.4 Å². The summed E-state index contributed by atoms with van der Waals surface area (Å²) in [7, 11) is 0. The number of carbonyl (C=O) groups is 2. The molecule has 0 radical (unpaired) electrons. The van der Waals surface area contributed by atoms with E-state index >= 15 is 0 Å². The second-order valence-corrected chi connectivity index (χ2v) is 6.85. The molecule has 0 aliphatic rings.